The van der Waals surface area contributed by atoms with Gasteiger partial charge in [0.1, 0.15) is 6.29 Å². The monoisotopic (exact) mass is 334 g/mol. The van der Waals surface area contributed by atoms with Crippen LogP contribution in [0.3, 0.4) is 0 Å². The van der Waals surface area contributed by atoms with Crippen molar-refractivity contribution in [1.29, 1.82) is 0 Å². The summed E-state index contributed by atoms with van der Waals surface area (Å²) in [5, 5.41) is 0. The number of carbonyl (C=O) groups is 1. The zero-order chi connectivity index (χ0) is 17.5. The Labute approximate surface area is 152 Å². The van der Waals surface area contributed by atoms with E-state index in [4.69, 9.17) is 0 Å². The van der Waals surface area contributed by atoms with Crippen molar-refractivity contribution in [2.75, 3.05) is 0 Å². The molecule has 0 spiro atoms. The Morgan fingerprint density at radius 2 is 1.44 bits per heavy atom. The molecular formula is C24H30O. The number of hydrogen-bond acceptors (Lipinski definition) is 1. The van der Waals surface area contributed by atoms with E-state index in [9.17, 15) is 4.79 Å². The summed E-state index contributed by atoms with van der Waals surface area (Å²) in [6.07, 6.45) is 10.6. The first-order valence-electron chi connectivity index (χ1n) is 9.94. The lowest BCUT2D eigenvalue weighted by molar-refractivity contribution is -0.111. The third kappa shape index (κ3) is 4.81. The molecule has 0 aliphatic heterocycles. The molecule has 2 aromatic rings. The number of rotatable bonds is 7. The Kier molecular flexibility index (Phi) is 6.44. The van der Waals surface area contributed by atoms with Crippen molar-refractivity contribution in [1.82, 2.24) is 0 Å². The second-order valence-electron chi connectivity index (χ2n) is 7.52. The second-order valence-corrected chi connectivity index (χ2v) is 7.52. The van der Waals surface area contributed by atoms with Crippen LogP contribution in [0.25, 0.3) is 11.1 Å². The van der Waals surface area contributed by atoms with E-state index in [1.807, 2.05) is 0 Å². The van der Waals surface area contributed by atoms with Crippen molar-refractivity contribution in [3.8, 4) is 11.1 Å². The highest BCUT2D eigenvalue weighted by molar-refractivity contribution is 5.64. The molecule has 1 aliphatic carbocycles. The van der Waals surface area contributed by atoms with Crippen LogP contribution in [0.1, 0.15) is 68.9 Å². The Morgan fingerprint density at radius 3 is 2.00 bits per heavy atom. The predicted octanol–water partition coefficient (Wildman–Crippen LogP) is 6.56. The zero-order valence-electron chi connectivity index (χ0n) is 15.4. The molecule has 0 atom stereocenters. The third-order valence-electron chi connectivity index (χ3n) is 5.70. The summed E-state index contributed by atoms with van der Waals surface area (Å²) in [6.45, 7) is 2.25. The van der Waals surface area contributed by atoms with Gasteiger partial charge in [-0.05, 0) is 66.7 Å². The van der Waals surface area contributed by atoms with E-state index >= 15 is 0 Å². The van der Waals surface area contributed by atoms with Crippen LogP contribution in [0.2, 0.25) is 0 Å². The van der Waals surface area contributed by atoms with Crippen LogP contribution in [0.4, 0.5) is 0 Å². The van der Waals surface area contributed by atoms with Crippen LogP contribution in [-0.4, -0.2) is 6.29 Å². The van der Waals surface area contributed by atoms with Crippen molar-refractivity contribution in [3.63, 3.8) is 0 Å². The summed E-state index contributed by atoms with van der Waals surface area (Å²) in [6, 6.07) is 18.2. The summed E-state index contributed by atoms with van der Waals surface area (Å²) >= 11 is 0. The minimum Gasteiger partial charge on any atom is -0.303 e. The van der Waals surface area contributed by atoms with E-state index in [1.54, 1.807) is 0 Å². The molecule has 25 heavy (non-hydrogen) atoms. The number of unbranched alkanes of at least 4 members (excludes halogenated alkanes) is 2. The molecule has 2 aromatic carbocycles. The molecule has 132 valence electrons. The highest BCUT2D eigenvalue weighted by Gasteiger charge is 2.21. The molecule has 0 unspecified atom stereocenters. The van der Waals surface area contributed by atoms with E-state index in [-0.39, 0.29) is 0 Å². The molecule has 0 radical (unpaired) electrons. The number of benzene rings is 2. The van der Waals surface area contributed by atoms with Crippen LogP contribution in [0.5, 0.6) is 0 Å². The van der Waals surface area contributed by atoms with Crippen molar-refractivity contribution in [2.45, 2.75) is 64.2 Å². The van der Waals surface area contributed by atoms with E-state index in [2.05, 4.69) is 55.5 Å². The summed E-state index contributed by atoms with van der Waals surface area (Å²) in [7, 11) is 0. The van der Waals surface area contributed by atoms with Crippen LogP contribution < -0.4 is 0 Å². The van der Waals surface area contributed by atoms with Crippen LogP contribution in [0.15, 0.2) is 48.5 Å². The molecule has 1 aliphatic rings. The summed E-state index contributed by atoms with van der Waals surface area (Å²) in [5.74, 6) is 0.928. The molecule has 0 saturated heterocycles. The maximum Gasteiger partial charge on any atom is 0.123 e. The number of hydrogen-bond donors (Lipinski definition) is 0. The fraction of sp³-hybridized carbons (Fsp3) is 0.458. The standard InChI is InChI=1S/C24H30O/c1-2-3-4-5-19-6-10-21(11-7-19)23-14-16-24(17-15-23)22-12-8-20(18-25)9-13-22/h6-7,10-11,14-18,20,22H,2-5,8-9,12-13H2,1H3/t20-,22-. The Hall–Kier alpha value is -1.89. The summed E-state index contributed by atoms with van der Waals surface area (Å²) in [5.41, 5.74) is 5.48. The molecule has 0 amide bonds. The van der Waals surface area contributed by atoms with Crippen LogP contribution in [-0.2, 0) is 11.2 Å². The van der Waals surface area contributed by atoms with E-state index in [1.165, 1.54) is 47.9 Å². The number of aldehydes is 1. The lowest BCUT2D eigenvalue weighted by atomic mass is 9.79. The summed E-state index contributed by atoms with van der Waals surface area (Å²) < 4.78 is 0. The Morgan fingerprint density at radius 1 is 0.840 bits per heavy atom. The fourth-order valence-corrected chi connectivity index (χ4v) is 3.98. The molecule has 1 saturated carbocycles. The van der Waals surface area contributed by atoms with Gasteiger partial charge in [-0.15, -0.1) is 0 Å². The van der Waals surface area contributed by atoms with Gasteiger partial charge >= 0.3 is 0 Å². The molecular weight excluding hydrogens is 304 g/mol. The van der Waals surface area contributed by atoms with Gasteiger partial charge in [-0.3, -0.25) is 0 Å². The van der Waals surface area contributed by atoms with Crippen molar-refractivity contribution in [2.24, 2.45) is 5.92 Å². The first-order valence-corrected chi connectivity index (χ1v) is 9.94. The molecule has 1 heteroatoms. The van der Waals surface area contributed by atoms with Gasteiger partial charge in [-0.1, -0.05) is 68.3 Å². The van der Waals surface area contributed by atoms with Crippen LogP contribution >= 0.6 is 0 Å². The lowest BCUT2D eigenvalue weighted by Gasteiger charge is -2.25. The maximum atomic E-state index is 10.9. The highest BCUT2D eigenvalue weighted by atomic mass is 16.1. The predicted molar refractivity (Wildman–Crippen MR) is 106 cm³/mol. The summed E-state index contributed by atoms with van der Waals surface area (Å²) in [4.78, 5) is 10.9. The average molecular weight is 335 g/mol. The first-order chi connectivity index (χ1) is 12.3. The molecule has 1 fully saturated rings. The normalized spacial score (nSPS) is 20.4. The van der Waals surface area contributed by atoms with Gasteiger partial charge in [-0.2, -0.15) is 0 Å². The van der Waals surface area contributed by atoms with Crippen LogP contribution in [0, 0.1) is 5.92 Å². The highest BCUT2D eigenvalue weighted by Crippen LogP contribution is 2.35. The van der Waals surface area contributed by atoms with Gasteiger partial charge in [0.2, 0.25) is 0 Å². The molecule has 0 bridgehead atoms. The smallest absolute Gasteiger partial charge is 0.123 e. The van der Waals surface area contributed by atoms with Gasteiger partial charge in [0, 0.05) is 5.92 Å². The topological polar surface area (TPSA) is 17.1 Å². The Balaban J connectivity index is 1.61. The lowest BCUT2D eigenvalue weighted by Crippen LogP contribution is -2.14. The SMILES string of the molecule is CCCCCc1ccc(-c2ccc([C@H]3CC[C@H](C=O)CC3)cc2)cc1. The minimum atomic E-state index is 0.298. The van der Waals surface area contributed by atoms with Gasteiger partial charge < -0.3 is 4.79 Å². The quantitative estimate of drug-likeness (QED) is 0.414. The third-order valence-corrected chi connectivity index (χ3v) is 5.70. The number of carbonyl (C=O) groups excluding carboxylic acids is 1. The van der Waals surface area contributed by atoms with E-state index < -0.39 is 0 Å². The van der Waals surface area contributed by atoms with Gasteiger partial charge in [-0.25, -0.2) is 0 Å². The minimum absolute atomic E-state index is 0.298. The molecule has 1 nitrogen and oxygen atoms in total. The van der Waals surface area contributed by atoms with Gasteiger partial charge in [0.25, 0.3) is 0 Å². The van der Waals surface area contributed by atoms with Gasteiger partial charge in [0.05, 0.1) is 0 Å². The van der Waals surface area contributed by atoms with Crippen molar-refractivity contribution < 1.29 is 4.79 Å². The molecule has 0 heterocycles. The first kappa shape index (κ1) is 17.9. The fourth-order valence-electron chi connectivity index (χ4n) is 3.98. The second kappa shape index (κ2) is 8.99. The average Bonchev–Trinajstić information content (AvgIpc) is 2.69. The largest absolute Gasteiger partial charge is 0.303 e. The Bertz CT molecular complexity index is 645. The zero-order valence-corrected chi connectivity index (χ0v) is 15.4. The van der Waals surface area contributed by atoms with E-state index in [0.717, 1.165) is 32.0 Å². The van der Waals surface area contributed by atoms with Crippen molar-refractivity contribution in [3.05, 3.63) is 59.7 Å². The van der Waals surface area contributed by atoms with E-state index in [0.29, 0.717) is 11.8 Å². The van der Waals surface area contributed by atoms with Crippen molar-refractivity contribution >= 4 is 6.29 Å². The number of aryl methyl sites for hydroxylation is 1. The molecule has 3 rings (SSSR count). The maximum absolute atomic E-state index is 10.9. The molecule has 0 aromatic heterocycles. The molecule has 0 N–H and O–H groups in total. The van der Waals surface area contributed by atoms with Gasteiger partial charge in [0.15, 0.2) is 0 Å².